The van der Waals surface area contributed by atoms with Crippen LogP contribution in [0.2, 0.25) is 0 Å². The summed E-state index contributed by atoms with van der Waals surface area (Å²) in [5.41, 5.74) is -1.11. The third kappa shape index (κ3) is 3.69. The van der Waals surface area contributed by atoms with Crippen molar-refractivity contribution in [3.63, 3.8) is 0 Å². The minimum atomic E-state index is -4.62. The normalized spacial score (nSPS) is 11.3. The number of carbonyl (C=O) groups is 1. The SMILES string of the molecule is COC(=O)c1sccc1Oc1cc(C(F)(F)F)nc(SC)n1. The van der Waals surface area contributed by atoms with Gasteiger partial charge in [-0.25, -0.2) is 9.78 Å². The fraction of sp³-hybridized carbons (Fsp3) is 0.250. The maximum absolute atomic E-state index is 12.8. The van der Waals surface area contributed by atoms with E-state index in [2.05, 4.69) is 14.7 Å². The van der Waals surface area contributed by atoms with Crippen LogP contribution >= 0.6 is 23.1 Å². The lowest BCUT2D eigenvalue weighted by Crippen LogP contribution is -2.10. The number of halogens is 3. The van der Waals surface area contributed by atoms with Gasteiger partial charge in [-0.2, -0.15) is 18.2 Å². The maximum Gasteiger partial charge on any atom is 0.433 e. The molecule has 0 amide bonds. The average molecular weight is 350 g/mol. The number of hydrogen-bond donors (Lipinski definition) is 0. The minimum absolute atomic E-state index is 0.0794. The largest absolute Gasteiger partial charge is 0.465 e. The van der Waals surface area contributed by atoms with E-state index in [9.17, 15) is 18.0 Å². The van der Waals surface area contributed by atoms with Crippen LogP contribution in [0.1, 0.15) is 15.4 Å². The van der Waals surface area contributed by atoms with Gasteiger partial charge in [-0.1, -0.05) is 11.8 Å². The average Bonchev–Trinajstić information content (AvgIpc) is 2.93. The molecule has 0 aliphatic heterocycles. The number of alkyl halides is 3. The lowest BCUT2D eigenvalue weighted by Gasteiger charge is -2.10. The second-order valence-corrected chi connectivity index (χ2v) is 5.47. The van der Waals surface area contributed by atoms with Crippen molar-refractivity contribution in [2.75, 3.05) is 13.4 Å². The number of thioether (sulfide) groups is 1. The van der Waals surface area contributed by atoms with Crippen molar-refractivity contribution in [2.45, 2.75) is 11.3 Å². The molecule has 0 saturated carbocycles. The van der Waals surface area contributed by atoms with Crippen molar-refractivity contribution in [1.29, 1.82) is 0 Å². The Hall–Kier alpha value is -1.81. The van der Waals surface area contributed by atoms with Crippen molar-refractivity contribution in [2.24, 2.45) is 0 Å². The lowest BCUT2D eigenvalue weighted by molar-refractivity contribution is -0.141. The van der Waals surface area contributed by atoms with E-state index in [1.807, 2.05) is 0 Å². The van der Waals surface area contributed by atoms with Gasteiger partial charge in [-0.15, -0.1) is 11.3 Å². The lowest BCUT2D eigenvalue weighted by atomic mass is 10.4. The molecule has 0 spiro atoms. The van der Waals surface area contributed by atoms with E-state index < -0.39 is 17.8 Å². The molecular weight excluding hydrogens is 341 g/mol. The van der Waals surface area contributed by atoms with Crippen LogP contribution in [0.15, 0.2) is 22.7 Å². The highest BCUT2D eigenvalue weighted by atomic mass is 32.2. The summed E-state index contributed by atoms with van der Waals surface area (Å²) in [6.45, 7) is 0. The predicted molar refractivity (Wildman–Crippen MR) is 74.5 cm³/mol. The molecule has 5 nitrogen and oxygen atoms in total. The van der Waals surface area contributed by atoms with Crippen molar-refractivity contribution in [3.05, 3.63) is 28.1 Å². The van der Waals surface area contributed by atoms with Crippen LogP contribution in [-0.2, 0) is 10.9 Å². The number of hydrogen-bond acceptors (Lipinski definition) is 7. The summed E-state index contributed by atoms with van der Waals surface area (Å²) < 4.78 is 48.3. The first kappa shape index (κ1) is 16.6. The Morgan fingerprint density at radius 1 is 1.36 bits per heavy atom. The topological polar surface area (TPSA) is 61.3 Å². The molecule has 0 bridgehead atoms. The Kier molecular flexibility index (Phi) is 4.91. The molecule has 0 atom stereocenters. The number of ether oxygens (including phenoxy) is 2. The van der Waals surface area contributed by atoms with E-state index in [0.717, 1.165) is 23.1 Å². The van der Waals surface area contributed by atoms with Gasteiger partial charge in [0, 0.05) is 6.07 Å². The van der Waals surface area contributed by atoms with Crippen LogP contribution in [0, 0.1) is 0 Å². The molecule has 10 heteroatoms. The number of thiophene rings is 1. The quantitative estimate of drug-likeness (QED) is 0.474. The number of nitrogens with zero attached hydrogens (tertiary/aromatic N) is 2. The first-order valence-electron chi connectivity index (χ1n) is 5.69. The first-order valence-corrected chi connectivity index (χ1v) is 7.79. The number of aromatic nitrogens is 2. The van der Waals surface area contributed by atoms with Gasteiger partial charge >= 0.3 is 12.1 Å². The van der Waals surface area contributed by atoms with Gasteiger partial charge in [-0.3, -0.25) is 0 Å². The Morgan fingerprint density at radius 2 is 2.09 bits per heavy atom. The van der Waals surface area contributed by atoms with Gasteiger partial charge in [-0.05, 0) is 17.7 Å². The number of carbonyl (C=O) groups excluding carboxylic acids is 1. The third-order valence-electron chi connectivity index (χ3n) is 2.37. The highest BCUT2D eigenvalue weighted by molar-refractivity contribution is 7.98. The first-order chi connectivity index (χ1) is 10.3. The van der Waals surface area contributed by atoms with Crippen LogP contribution < -0.4 is 4.74 Å². The molecule has 0 N–H and O–H groups in total. The zero-order valence-electron chi connectivity index (χ0n) is 11.3. The maximum atomic E-state index is 12.8. The number of methoxy groups -OCH3 is 1. The van der Waals surface area contributed by atoms with Gasteiger partial charge in [0.15, 0.2) is 21.5 Å². The van der Waals surface area contributed by atoms with Gasteiger partial charge in [0.1, 0.15) is 0 Å². The predicted octanol–water partition coefficient (Wildman–Crippen LogP) is 3.86. The fourth-order valence-electron chi connectivity index (χ4n) is 1.42. The zero-order valence-corrected chi connectivity index (χ0v) is 12.9. The van der Waals surface area contributed by atoms with E-state index >= 15 is 0 Å². The molecule has 0 aliphatic carbocycles. The summed E-state index contributed by atoms with van der Waals surface area (Å²) in [6.07, 6.45) is -3.07. The van der Waals surface area contributed by atoms with Crippen LogP contribution in [0.5, 0.6) is 11.6 Å². The van der Waals surface area contributed by atoms with E-state index in [4.69, 9.17) is 4.74 Å². The van der Waals surface area contributed by atoms with Crippen LogP contribution in [0.25, 0.3) is 0 Å². The van der Waals surface area contributed by atoms with Gasteiger partial charge in [0.2, 0.25) is 5.88 Å². The molecular formula is C12H9F3N2O3S2. The summed E-state index contributed by atoms with van der Waals surface area (Å²) in [4.78, 5) is 18.9. The van der Waals surface area contributed by atoms with Gasteiger partial charge in [0.05, 0.1) is 7.11 Å². The summed E-state index contributed by atoms with van der Waals surface area (Å²) >= 11 is 2.00. The third-order valence-corrected chi connectivity index (χ3v) is 3.79. The molecule has 0 saturated heterocycles. The highest BCUT2D eigenvalue weighted by Gasteiger charge is 2.34. The summed E-state index contributed by atoms with van der Waals surface area (Å²) in [5.74, 6) is -0.855. The van der Waals surface area contributed by atoms with E-state index in [1.54, 1.807) is 11.6 Å². The van der Waals surface area contributed by atoms with Crippen LogP contribution in [0.3, 0.4) is 0 Å². The smallest absolute Gasteiger partial charge is 0.433 e. The summed E-state index contributed by atoms with van der Waals surface area (Å²) in [6, 6.07) is 2.13. The van der Waals surface area contributed by atoms with Crippen molar-refractivity contribution in [3.8, 4) is 11.6 Å². The molecule has 2 aromatic rings. The molecule has 2 heterocycles. The summed E-state index contributed by atoms with van der Waals surface area (Å²) in [5, 5.41) is 1.47. The Balaban J connectivity index is 2.38. The molecule has 2 rings (SSSR count). The van der Waals surface area contributed by atoms with Gasteiger partial charge < -0.3 is 9.47 Å². The highest BCUT2D eigenvalue weighted by Crippen LogP contribution is 2.34. The molecule has 22 heavy (non-hydrogen) atoms. The Morgan fingerprint density at radius 3 is 2.68 bits per heavy atom. The van der Waals surface area contributed by atoms with Gasteiger partial charge in [0.25, 0.3) is 0 Å². The molecule has 118 valence electrons. The van der Waals surface area contributed by atoms with E-state index in [0.29, 0.717) is 6.07 Å². The van der Waals surface area contributed by atoms with Crippen molar-refractivity contribution < 1.29 is 27.4 Å². The van der Waals surface area contributed by atoms with Crippen molar-refractivity contribution in [1.82, 2.24) is 9.97 Å². The minimum Gasteiger partial charge on any atom is -0.465 e. The second-order valence-electron chi connectivity index (χ2n) is 3.78. The molecule has 0 fully saturated rings. The number of rotatable bonds is 4. The van der Waals surface area contributed by atoms with Crippen molar-refractivity contribution >= 4 is 29.1 Å². The molecule has 0 aliphatic rings. The molecule has 2 aromatic heterocycles. The Labute approximate surface area is 131 Å². The van der Waals surface area contributed by atoms with E-state index in [1.165, 1.54) is 13.2 Å². The summed E-state index contributed by atoms with van der Waals surface area (Å²) in [7, 11) is 1.20. The second kappa shape index (κ2) is 6.53. The van der Waals surface area contributed by atoms with Crippen LogP contribution in [0.4, 0.5) is 13.2 Å². The number of esters is 1. The molecule has 0 unspecified atom stereocenters. The van der Waals surface area contributed by atoms with Crippen LogP contribution in [-0.4, -0.2) is 29.3 Å². The fourth-order valence-corrected chi connectivity index (χ4v) is 2.53. The molecule has 0 radical (unpaired) electrons. The zero-order chi connectivity index (χ0) is 16.3. The Bertz CT molecular complexity index is 688. The molecule has 0 aromatic carbocycles. The standard InChI is InChI=1S/C12H9F3N2O3S2/c1-19-10(18)9-6(3-4-22-9)20-8-5-7(12(13,14)15)16-11(17-8)21-2/h3-5H,1-2H3. The monoisotopic (exact) mass is 350 g/mol. The van der Waals surface area contributed by atoms with E-state index in [-0.39, 0.29) is 21.7 Å².